The number of pyridine rings is 1. The molecule has 1 aliphatic heterocycles. The zero-order valence-corrected chi connectivity index (χ0v) is 21.4. The van der Waals surface area contributed by atoms with Crippen molar-refractivity contribution in [3.8, 4) is 0 Å². The number of hydrogen-bond donors (Lipinski definition) is 2. The fraction of sp³-hybridized carbons (Fsp3) is 0.207. The SMILES string of the molecule is CC(=O)Nc1ccc(N2C(=S)N[C@H](c3ccccn3)[C@H]2c2cc(C)n(Cc3ccccc3)c2C)cc1. The molecule has 2 atom stereocenters. The Hall–Kier alpha value is -3.97. The van der Waals surface area contributed by atoms with Gasteiger partial charge >= 0.3 is 0 Å². The second kappa shape index (κ2) is 9.95. The van der Waals surface area contributed by atoms with Crippen LogP contribution >= 0.6 is 12.2 Å². The third kappa shape index (κ3) is 4.62. The van der Waals surface area contributed by atoms with E-state index in [0.717, 1.165) is 23.6 Å². The molecule has 0 radical (unpaired) electrons. The molecule has 1 fully saturated rings. The van der Waals surface area contributed by atoms with Gasteiger partial charge in [-0.25, -0.2) is 0 Å². The normalized spacial score (nSPS) is 17.2. The summed E-state index contributed by atoms with van der Waals surface area (Å²) in [6.45, 7) is 6.65. The van der Waals surface area contributed by atoms with E-state index in [2.05, 4.69) is 69.3 Å². The first kappa shape index (κ1) is 23.8. The number of rotatable bonds is 6. The maximum Gasteiger partial charge on any atom is 0.221 e. The molecule has 36 heavy (non-hydrogen) atoms. The minimum Gasteiger partial charge on any atom is -0.351 e. The van der Waals surface area contributed by atoms with Crippen LogP contribution in [0.4, 0.5) is 11.4 Å². The standard InChI is InChI=1S/C29H29N5OS/c1-19-17-25(20(2)33(19)18-22-9-5-4-6-10-22)28-27(26-11-7-8-16-30-26)32-29(36)34(28)24-14-12-23(13-15-24)31-21(3)35/h4-17,27-28H,18H2,1-3H3,(H,31,35)(H,32,36)/t27-,28-/m1/s1. The van der Waals surface area contributed by atoms with Gasteiger partial charge in [-0.3, -0.25) is 9.78 Å². The zero-order valence-electron chi connectivity index (χ0n) is 20.6. The highest BCUT2D eigenvalue weighted by Crippen LogP contribution is 2.43. The first-order valence-corrected chi connectivity index (χ1v) is 12.4. The first-order valence-electron chi connectivity index (χ1n) is 12.0. The molecular formula is C29H29N5OS. The van der Waals surface area contributed by atoms with Crippen LogP contribution in [0.1, 0.15) is 47.2 Å². The van der Waals surface area contributed by atoms with E-state index in [1.54, 1.807) is 0 Å². The molecule has 1 aliphatic rings. The van der Waals surface area contributed by atoms with Crippen molar-refractivity contribution in [2.75, 3.05) is 10.2 Å². The average Bonchev–Trinajstić information content (AvgIpc) is 3.36. The van der Waals surface area contributed by atoms with E-state index in [9.17, 15) is 4.79 Å². The Bertz CT molecular complexity index is 1380. The number of amides is 1. The predicted octanol–water partition coefficient (Wildman–Crippen LogP) is 5.68. The van der Waals surface area contributed by atoms with E-state index in [0.29, 0.717) is 5.11 Å². The van der Waals surface area contributed by atoms with Crippen LogP contribution in [0.5, 0.6) is 0 Å². The summed E-state index contributed by atoms with van der Waals surface area (Å²) < 4.78 is 2.36. The molecule has 1 amide bonds. The van der Waals surface area contributed by atoms with Crippen molar-refractivity contribution in [3.63, 3.8) is 0 Å². The van der Waals surface area contributed by atoms with Crippen molar-refractivity contribution >= 4 is 34.6 Å². The number of benzene rings is 2. The van der Waals surface area contributed by atoms with Gasteiger partial charge in [0, 0.05) is 42.4 Å². The molecule has 182 valence electrons. The Balaban J connectivity index is 1.58. The molecule has 6 nitrogen and oxygen atoms in total. The van der Waals surface area contributed by atoms with Crippen LogP contribution in [-0.2, 0) is 11.3 Å². The number of nitrogens with zero attached hydrogens (tertiary/aromatic N) is 3. The van der Waals surface area contributed by atoms with Crippen LogP contribution in [0, 0.1) is 13.8 Å². The Kier molecular flexibility index (Phi) is 6.57. The molecule has 2 N–H and O–H groups in total. The summed E-state index contributed by atoms with van der Waals surface area (Å²) >= 11 is 5.88. The lowest BCUT2D eigenvalue weighted by molar-refractivity contribution is -0.114. The minimum absolute atomic E-state index is 0.0882. The fourth-order valence-electron chi connectivity index (χ4n) is 4.99. The quantitative estimate of drug-likeness (QED) is 0.337. The van der Waals surface area contributed by atoms with Crippen LogP contribution in [0.25, 0.3) is 0 Å². The van der Waals surface area contributed by atoms with Crippen LogP contribution in [0.2, 0.25) is 0 Å². The highest BCUT2D eigenvalue weighted by molar-refractivity contribution is 7.80. The van der Waals surface area contributed by atoms with Gasteiger partial charge in [0.2, 0.25) is 5.91 Å². The summed E-state index contributed by atoms with van der Waals surface area (Å²) in [7, 11) is 0. The monoisotopic (exact) mass is 495 g/mol. The summed E-state index contributed by atoms with van der Waals surface area (Å²) in [6.07, 6.45) is 1.82. The van der Waals surface area contributed by atoms with E-state index in [1.807, 2.05) is 54.7 Å². The van der Waals surface area contributed by atoms with Gasteiger partial charge in [0.1, 0.15) is 0 Å². The highest BCUT2D eigenvalue weighted by Gasteiger charge is 2.42. The lowest BCUT2D eigenvalue weighted by Crippen LogP contribution is -2.29. The molecule has 2 aromatic heterocycles. The van der Waals surface area contributed by atoms with Gasteiger partial charge in [-0.2, -0.15) is 0 Å². The highest BCUT2D eigenvalue weighted by atomic mass is 32.1. The summed E-state index contributed by atoms with van der Waals surface area (Å²) in [4.78, 5) is 18.3. The zero-order chi connectivity index (χ0) is 25.2. The van der Waals surface area contributed by atoms with Gasteiger partial charge in [0.25, 0.3) is 0 Å². The number of aromatic nitrogens is 2. The van der Waals surface area contributed by atoms with Crippen LogP contribution < -0.4 is 15.5 Å². The van der Waals surface area contributed by atoms with E-state index in [4.69, 9.17) is 12.2 Å². The topological polar surface area (TPSA) is 62.2 Å². The largest absolute Gasteiger partial charge is 0.351 e. The molecule has 0 saturated carbocycles. The first-order chi connectivity index (χ1) is 17.4. The Morgan fingerprint density at radius 1 is 1.03 bits per heavy atom. The molecule has 1 saturated heterocycles. The number of hydrogen-bond acceptors (Lipinski definition) is 3. The van der Waals surface area contributed by atoms with E-state index < -0.39 is 0 Å². The van der Waals surface area contributed by atoms with Crippen molar-refractivity contribution in [2.45, 2.75) is 39.4 Å². The Morgan fingerprint density at radius 2 is 1.75 bits per heavy atom. The molecule has 0 bridgehead atoms. The summed E-state index contributed by atoms with van der Waals surface area (Å²) in [5, 5.41) is 7.02. The average molecular weight is 496 g/mol. The van der Waals surface area contributed by atoms with Gasteiger partial charge in [-0.05, 0) is 79.7 Å². The van der Waals surface area contributed by atoms with Gasteiger partial charge in [0.05, 0.1) is 17.8 Å². The van der Waals surface area contributed by atoms with Gasteiger partial charge in [-0.15, -0.1) is 0 Å². The minimum atomic E-state index is -0.112. The van der Waals surface area contributed by atoms with Crippen molar-refractivity contribution in [2.24, 2.45) is 0 Å². The smallest absolute Gasteiger partial charge is 0.221 e. The molecule has 2 aromatic carbocycles. The third-order valence-corrected chi connectivity index (χ3v) is 6.99. The molecule has 0 unspecified atom stereocenters. The number of carbonyl (C=O) groups is 1. The third-order valence-electron chi connectivity index (χ3n) is 6.68. The van der Waals surface area contributed by atoms with Crippen LogP contribution in [0.3, 0.4) is 0 Å². The Morgan fingerprint density at radius 3 is 2.42 bits per heavy atom. The van der Waals surface area contributed by atoms with E-state index in [-0.39, 0.29) is 18.0 Å². The number of carbonyl (C=O) groups excluding carboxylic acids is 1. The van der Waals surface area contributed by atoms with Gasteiger partial charge in [-0.1, -0.05) is 36.4 Å². The maximum atomic E-state index is 11.5. The summed E-state index contributed by atoms with van der Waals surface area (Å²) in [6, 6.07) is 26.4. The molecule has 4 aromatic rings. The number of aryl methyl sites for hydroxylation is 1. The summed E-state index contributed by atoms with van der Waals surface area (Å²) in [5.41, 5.74) is 7.52. The molecular weight excluding hydrogens is 466 g/mol. The van der Waals surface area contributed by atoms with Crippen molar-refractivity contribution in [3.05, 3.63) is 113 Å². The van der Waals surface area contributed by atoms with Crippen molar-refractivity contribution < 1.29 is 4.79 Å². The van der Waals surface area contributed by atoms with Crippen LogP contribution in [0.15, 0.2) is 85.1 Å². The van der Waals surface area contributed by atoms with Gasteiger partial charge in [0.15, 0.2) is 5.11 Å². The van der Waals surface area contributed by atoms with E-state index in [1.165, 1.54) is 29.4 Å². The lowest BCUT2D eigenvalue weighted by Gasteiger charge is -2.28. The molecule has 7 heteroatoms. The molecule has 3 heterocycles. The Labute approximate surface area is 217 Å². The molecule has 5 rings (SSSR count). The van der Waals surface area contributed by atoms with Crippen molar-refractivity contribution in [1.29, 1.82) is 0 Å². The number of anilines is 2. The van der Waals surface area contributed by atoms with Gasteiger partial charge < -0.3 is 20.1 Å². The number of nitrogens with one attached hydrogen (secondary N) is 2. The van der Waals surface area contributed by atoms with Crippen molar-refractivity contribution in [1.82, 2.24) is 14.9 Å². The van der Waals surface area contributed by atoms with E-state index >= 15 is 0 Å². The second-order valence-electron chi connectivity index (χ2n) is 9.12. The van der Waals surface area contributed by atoms with Crippen LogP contribution in [-0.4, -0.2) is 20.6 Å². The molecule has 0 aliphatic carbocycles. The second-order valence-corrected chi connectivity index (χ2v) is 9.51. The summed E-state index contributed by atoms with van der Waals surface area (Å²) in [5.74, 6) is -0.0972. The molecule has 0 spiro atoms. The lowest BCUT2D eigenvalue weighted by atomic mass is 9.96. The predicted molar refractivity (Wildman–Crippen MR) is 148 cm³/mol. The maximum absolute atomic E-state index is 11.5. The fourth-order valence-corrected chi connectivity index (χ4v) is 5.34. The number of thiocarbonyl (C=S) groups is 1.